The zero-order valence-electron chi connectivity index (χ0n) is 16.7. The van der Waals surface area contributed by atoms with Crippen LogP contribution in [0.25, 0.3) is 5.69 Å². The molecule has 0 saturated heterocycles. The van der Waals surface area contributed by atoms with Gasteiger partial charge in [-0.15, -0.1) is 0 Å². The summed E-state index contributed by atoms with van der Waals surface area (Å²) in [6.45, 7) is 1.39. The molecule has 8 nitrogen and oxygen atoms in total. The number of nitrogens with zero attached hydrogens (tertiary/aromatic N) is 2. The van der Waals surface area contributed by atoms with Crippen molar-refractivity contribution in [2.45, 2.75) is 18.0 Å². The summed E-state index contributed by atoms with van der Waals surface area (Å²) in [7, 11) is -4.87. The summed E-state index contributed by atoms with van der Waals surface area (Å²) in [6.07, 6.45) is -4.80. The Kier molecular flexibility index (Phi) is 6.93. The lowest BCUT2D eigenvalue weighted by molar-refractivity contribution is -0.137. The molecule has 0 N–H and O–H groups in total. The van der Waals surface area contributed by atoms with Crippen LogP contribution in [-0.4, -0.2) is 30.8 Å². The topological polar surface area (TPSA) is 105 Å². The van der Waals surface area contributed by atoms with E-state index >= 15 is 0 Å². The van der Waals surface area contributed by atoms with Gasteiger partial charge in [0.25, 0.3) is 5.56 Å². The third-order valence-corrected chi connectivity index (χ3v) is 5.79. The highest BCUT2D eigenvalue weighted by Gasteiger charge is 2.32. The van der Waals surface area contributed by atoms with Crippen LogP contribution >= 0.6 is 15.9 Å². The minimum absolute atomic E-state index is 0.101. The van der Waals surface area contributed by atoms with Crippen LogP contribution in [0.4, 0.5) is 13.2 Å². The molecule has 3 aromatic rings. The number of ether oxygens (including phenoxy) is 1. The van der Waals surface area contributed by atoms with Crippen LogP contribution in [0.1, 0.15) is 23.0 Å². The van der Waals surface area contributed by atoms with Crippen molar-refractivity contribution >= 4 is 32.0 Å². The van der Waals surface area contributed by atoms with Crippen LogP contribution < -0.4 is 9.74 Å². The Labute approximate surface area is 193 Å². The molecule has 2 aromatic carbocycles. The van der Waals surface area contributed by atoms with Crippen molar-refractivity contribution in [1.29, 1.82) is 0 Å². The number of aromatic nitrogens is 2. The van der Waals surface area contributed by atoms with Gasteiger partial charge in [-0.3, -0.25) is 4.79 Å². The fraction of sp³-hybridized carbons (Fsp3) is 0.150. The van der Waals surface area contributed by atoms with Gasteiger partial charge in [-0.25, -0.2) is 4.79 Å². The van der Waals surface area contributed by atoms with E-state index in [2.05, 4.69) is 21.0 Å². The molecule has 13 heteroatoms. The number of carbonyl (C=O) groups excluding carboxylic acids is 1. The van der Waals surface area contributed by atoms with E-state index in [1.165, 1.54) is 19.1 Å². The second kappa shape index (κ2) is 9.35. The first-order valence-corrected chi connectivity index (χ1v) is 11.3. The second-order valence-corrected chi connectivity index (χ2v) is 8.83. The fourth-order valence-electron chi connectivity index (χ4n) is 2.63. The van der Waals surface area contributed by atoms with Gasteiger partial charge in [0.05, 0.1) is 23.9 Å². The SMILES string of the molecule is CCOC(=O)c1nn(-c2cccc(Br)c2)c(=O)cc1OS(=O)(=O)c1cccc(C(F)(F)F)c1. The number of alkyl halides is 3. The highest BCUT2D eigenvalue weighted by Crippen LogP contribution is 2.31. The van der Waals surface area contributed by atoms with Gasteiger partial charge in [0.1, 0.15) is 4.90 Å². The van der Waals surface area contributed by atoms with E-state index in [1.54, 1.807) is 12.1 Å². The predicted octanol–water partition coefficient (Wildman–Crippen LogP) is 3.96. The first kappa shape index (κ1) is 24.5. The molecular formula is C20H14BrF3N2O6S. The van der Waals surface area contributed by atoms with E-state index < -0.39 is 49.7 Å². The highest BCUT2D eigenvalue weighted by molar-refractivity contribution is 9.10. The Morgan fingerprint density at radius 1 is 1.12 bits per heavy atom. The molecule has 1 heterocycles. The van der Waals surface area contributed by atoms with Gasteiger partial charge in [0.15, 0.2) is 5.75 Å². The maximum Gasteiger partial charge on any atom is 0.416 e. The monoisotopic (exact) mass is 546 g/mol. The lowest BCUT2D eigenvalue weighted by atomic mass is 10.2. The second-order valence-electron chi connectivity index (χ2n) is 6.37. The molecule has 0 saturated carbocycles. The number of esters is 1. The van der Waals surface area contributed by atoms with Crippen molar-refractivity contribution in [3.8, 4) is 11.4 Å². The Bertz CT molecular complexity index is 1370. The molecule has 0 atom stereocenters. The molecule has 0 aliphatic heterocycles. The lowest BCUT2D eigenvalue weighted by Gasteiger charge is -2.13. The molecule has 3 rings (SSSR count). The number of carbonyl (C=O) groups is 1. The Hall–Kier alpha value is -3.19. The first-order chi connectivity index (χ1) is 15.4. The Morgan fingerprint density at radius 2 is 1.82 bits per heavy atom. The minimum Gasteiger partial charge on any atom is -0.461 e. The van der Waals surface area contributed by atoms with Gasteiger partial charge >= 0.3 is 22.3 Å². The number of hydrogen-bond acceptors (Lipinski definition) is 7. The lowest BCUT2D eigenvalue weighted by Crippen LogP contribution is -2.26. The van der Waals surface area contributed by atoms with E-state index in [9.17, 15) is 31.2 Å². The van der Waals surface area contributed by atoms with E-state index in [0.717, 1.165) is 16.8 Å². The van der Waals surface area contributed by atoms with Crippen molar-refractivity contribution in [2.24, 2.45) is 0 Å². The molecule has 0 unspecified atom stereocenters. The van der Waals surface area contributed by atoms with Crippen LogP contribution in [0.15, 0.2) is 68.8 Å². The quantitative estimate of drug-likeness (QED) is 0.340. The van der Waals surface area contributed by atoms with Crippen molar-refractivity contribution in [2.75, 3.05) is 6.61 Å². The molecule has 0 aliphatic rings. The molecule has 33 heavy (non-hydrogen) atoms. The maximum atomic E-state index is 13.0. The Balaban J connectivity index is 2.11. The van der Waals surface area contributed by atoms with Crippen LogP contribution in [0, 0.1) is 0 Å². The normalized spacial score (nSPS) is 11.8. The van der Waals surface area contributed by atoms with Gasteiger partial charge in [-0.05, 0) is 43.3 Å². The summed E-state index contributed by atoms with van der Waals surface area (Å²) in [5.41, 5.74) is -2.50. The highest BCUT2D eigenvalue weighted by atomic mass is 79.9. The molecule has 0 fully saturated rings. The van der Waals surface area contributed by atoms with Gasteiger partial charge in [0, 0.05) is 4.47 Å². The molecule has 0 amide bonds. The largest absolute Gasteiger partial charge is 0.461 e. The summed E-state index contributed by atoms with van der Waals surface area (Å²) in [5, 5.41) is 3.88. The third-order valence-electron chi connectivity index (χ3n) is 4.07. The van der Waals surface area contributed by atoms with Gasteiger partial charge in [-0.2, -0.15) is 31.4 Å². The van der Waals surface area contributed by atoms with E-state index in [1.807, 2.05) is 0 Å². The van der Waals surface area contributed by atoms with Gasteiger partial charge in [0.2, 0.25) is 5.69 Å². The number of halogens is 4. The summed E-state index contributed by atoms with van der Waals surface area (Å²) in [4.78, 5) is 24.2. The van der Waals surface area contributed by atoms with E-state index in [4.69, 9.17) is 8.92 Å². The molecular weight excluding hydrogens is 533 g/mol. The third kappa shape index (κ3) is 5.60. The van der Waals surface area contributed by atoms with Crippen molar-refractivity contribution in [1.82, 2.24) is 9.78 Å². The number of hydrogen-bond donors (Lipinski definition) is 0. The van der Waals surface area contributed by atoms with Crippen LogP contribution in [-0.2, 0) is 21.0 Å². The maximum absolute atomic E-state index is 13.0. The van der Waals surface area contributed by atoms with Crippen LogP contribution in [0.3, 0.4) is 0 Å². The summed E-state index contributed by atoms with van der Waals surface area (Å²) < 4.78 is 75.3. The Morgan fingerprint density at radius 3 is 2.45 bits per heavy atom. The van der Waals surface area contributed by atoms with E-state index in [0.29, 0.717) is 22.7 Å². The molecule has 1 aromatic heterocycles. The van der Waals surface area contributed by atoms with Crippen molar-refractivity contribution in [3.05, 3.63) is 80.7 Å². The van der Waals surface area contributed by atoms with Crippen LogP contribution in [0.5, 0.6) is 5.75 Å². The predicted molar refractivity (Wildman–Crippen MR) is 113 cm³/mol. The average Bonchev–Trinajstić information content (AvgIpc) is 2.73. The molecule has 174 valence electrons. The summed E-state index contributed by atoms with van der Waals surface area (Å²) in [5.74, 6) is -1.89. The summed E-state index contributed by atoms with van der Waals surface area (Å²) in [6, 6.07) is 9.81. The first-order valence-electron chi connectivity index (χ1n) is 9.11. The summed E-state index contributed by atoms with van der Waals surface area (Å²) >= 11 is 3.24. The molecule has 0 aliphatic carbocycles. The van der Waals surface area contributed by atoms with Crippen molar-refractivity contribution < 1.29 is 35.3 Å². The van der Waals surface area contributed by atoms with Gasteiger partial charge < -0.3 is 8.92 Å². The van der Waals surface area contributed by atoms with Crippen molar-refractivity contribution in [3.63, 3.8) is 0 Å². The molecule has 0 spiro atoms. The smallest absolute Gasteiger partial charge is 0.416 e. The standard InChI is InChI=1S/C20H14BrF3N2O6S/c1-2-31-19(28)18-16(11-17(27)26(25-18)14-7-4-6-13(21)10-14)32-33(29,30)15-8-3-5-12(9-15)20(22,23)24/h3-11H,2H2,1H3. The molecule has 0 bridgehead atoms. The zero-order valence-corrected chi connectivity index (χ0v) is 19.1. The van der Waals surface area contributed by atoms with E-state index in [-0.39, 0.29) is 12.3 Å². The number of benzene rings is 2. The fourth-order valence-corrected chi connectivity index (χ4v) is 4.00. The zero-order chi connectivity index (χ0) is 24.4. The number of rotatable bonds is 6. The minimum atomic E-state index is -4.87. The van der Waals surface area contributed by atoms with Crippen LogP contribution in [0.2, 0.25) is 0 Å². The molecule has 0 radical (unpaired) electrons. The van der Waals surface area contributed by atoms with Gasteiger partial charge in [-0.1, -0.05) is 28.1 Å². The average molecular weight is 547 g/mol.